The fourth-order valence-electron chi connectivity index (χ4n) is 3.62. The largest absolute Gasteiger partial charge is 0.490 e. The lowest BCUT2D eigenvalue weighted by molar-refractivity contribution is -0.173. The number of nitrogens with zero attached hydrogens (tertiary/aromatic N) is 1. The summed E-state index contributed by atoms with van der Waals surface area (Å²) < 4.78 is 47.2. The number of hydrogen-bond acceptors (Lipinski definition) is 6. The summed E-state index contributed by atoms with van der Waals surface area (Å²) in [4.78, 5) is 21.2. The number of hydrogen-bond donors (Lipinski definition) is 3. The molecule has 0 atom stereocenters. The van der Waals surface area contributed by atoms with Gasteiger partial charge in [-0.3, -0.25) is 0 Å². The quantitative estimate of drug-likeness (QED) is 0.438. The molecule has 11 heteroatoms. The first kappa shape index (κ1) is 25.5. The van der Waals surface area contributed by atoms with Gasteiger partial charge in [-0.1, -0.05) is 0 Å². The molecule has 0 unspecified atom stereocenters. The molecule has 0 fully saturated rings. The number of aliphatic carboxylic acids is 2. The average molecular weight is 460 g/mol. The van der Waals surface area contributed by atoms with Crippen LogP contribution in [0.2, 0.25) is 0 Å². The van der Waals surface area contributed by atoms with E-state index >= 15 is 0 Å². The van der Waals surface area contributed by atoms with Crippen molar-refractivity contribution < 1.29 is 42.4 Å². The van der Waals surface area contributed by atoms with Crippen LogP contribution in [0.15, 0.2) is 18.2 Å². The van der Waals surface area contributed by atoms with Gasteiger partial charge in [0.25, 0.3) is 0 Å². The number of rotatable bonds is 6. The Morgan fingerprint density at radius 3 is 2.50 bits per heavy atom. The first-order valence-electron chi connectivity index (χ1n) is 10.1. The minimum Gasteiger partial charge on any atom is -0.490 e. The van der Waals surface area contributed by atoms with E-state index in [0.29, 0.717) is 31.8 Å². The average Bonchev–Trinajstić information content (AvgIpc) is 2.95. The number of carboxylic acids is 2. The van der Waals surface area contributed by atoms with Crippen molar-refractivity contribution in [2.24, 2.45) is 0 Å². The van der Waals surface area contributed by atoms with Crippen LogP contribution in [-0.2, 0) is 27.2 Å². The second-order valence-corrected chi connectivity index (χ2v) is 7.25. The van der Waals surface area contributed by atoms with Gasteiger partial charge in [0.2, 0.25) is 0 Å². The minimum absolute atomic E-state index is 0.0526. The summed E-state index contributed by atoms with van der Waals surface area (Å²) in [6.45, 7) is 4.49. The number of halogens is 3. The summed E-state index contributed by atoms with van der Waals surface area (Å²) in [7, 11) is 0. The SMILES string of the molecule is Cc1c2c(cc3c1N(CCOCC(F)(F)F)CCO3)CCNCC2.O=C(O)/C=C/C(=O)O. The van der Waals surface area contributed by atoms with Gasteiger partial charge in [0.15, 0.2) is 0 Å². The maximum Gasteiger partial charge on any atom is 0.411 e. The molecule has 1 aromatic carbocycles. The Bertz CT molecular complexity index is 826. The fraction of sp³-hybridized carbons (Fsp3) is 0.524. The second-order valence-electron chi connectivity index (χ2n) is 7.25. The lowest BCUT2D eigenvalue weighted by Gasteiger charge is -2.34. The highest BCUT2D eigenvalue weighted by Crippen LogP contribution is 2.39. The van der Waals surface area contributed by atoms with E-state index in [4.69, 9.17) is 19.7 Å². The number of alkyl halides is 3. The van der Waals surface area contributed by atoms with E-state index in [-0.39, 0.29) is 6.61 Å². The predicted octanol–water partition coefficient (Wildman–Crippen LogP) is 2.17. The second kappa shape index (κ2) is 11.7. The molecule has 3 N–H and O–H groups in total. The molecule has 178 valence electrons. The fourth-order valence-corrected chi connectivity index (χ4v) is 3.62. The number of fused-ring (bicyclic) bond motifs is 2. The standard InChI is InChI=1S/C17H23F3N2O2.C4H4O4/c1-12-14-3-5-21-4-2-13(14)10-15-16(12)22(7-9-24-15)6-8-23-11-17(18,19)20;5-3(6)1-2-4(7)8/h10,21H,2-9,11H2,1H3;1-2H,(H,5,6)(H,7,8)/b;2-1+. The first-order valence-corrected chi connectivity index (χ1v) is 10.1. The van der Waals surface area contributed by atoms with Gasteiger partial charge >= 0.3 is 18.1 Å². The van der Waals surface area contributed by atoms with Gasteiger partial charge < -0.3 is 29.9 Å². The molecule has 1 aromatic rings. The van der Waals surface area contributed by atoms with Gasteiger partial charge in [-0.05, 0) is 55.6 Å². The van der Waals surface area contributed by atoms with Crippen LogP contribution >= 0.6 is 0 Å². The third-order valence-electron chi connectivity index (χ3n) is 4.93. The number of carboxylic acid groups (broad SMARTS) is 2. The molecule has 8 nitrogen and oxygen atoms in total. The third kappa shape index (κ3) is 8.04. The molecular weight excluding hydrogens is 433 g/mol. The van der Waals surface area contributed by atoms with Crippen molar-refractivity contribution in [1.29, 1.82) is 0 Å². The number of benzene rings is 1. The van der Waals surface area contributed by atoms with E-state index in [2.05, 4.69) is 23.2 Å². The Hall–Kier alpha value is -2.79. The van der Waals surface area contributed by atoms with Crippen molar-refractivity contribution in [3.63, 3.8) is 0 Å². The van der Waals surface area contributed by atoms with Gasteiger partial charge in [0, 0.05) is 18.7 Å². The molecule has 32 heavy (non-hydrogen) atoms. The molecule has 2 aliphatic rings. The van der Waals surface area contributed by atoms with Gasteiger partial charge in [-0.25, -0.2) is 9.59 Å². The predicted molar refractivity (Wildman–Crippen MR) is 110 cm³/mol. The van der Waals surface area contributed by atoms with E-state index in [1.165, 1.54) is 16.7 Å². The molecule has 0 amide bonds. The maximum atomic E-state index is 12.2. The number of anilines is 1. The Labute approximate surface area is 183 Å². The summed E-state index contributed by atoms with van der Waals surface area (Å²) in [6.07, 6.45) is -1.22. The highest BCUT2D eigenvalue weighted by atomic mass is 19.4. The molecule has 3 rings (SSSR count). The van der Waals surface area contributed by atoms with Crippen LogP contribution in [-0.4, -0.2) is 74.3 Å². The van der Waals surface area contributed by atoms with E-state index in [9.17, 15) is 22.8 Å². The number of carbonyl (C=O) groups is 2. The van der Waals surface area contributed by atoms with Crippen molar-refractivity contribution in [3.05, 3.63) is 34.9 Å². The molecule has 2 aliphatic heterocycles. The molecule has 0 saturated carbocycles. The zero-order valence-electron chi connectivity index (χ0n) is 17.7. The Kier molecular flexibility index (Phi) is 9.33. The van der Waals surface area contributed by atoms with Crippen LogP contribution in [0, 0.1) is 6.92 Å². The van der Waals surface area contributed by atoms with Crippen LogP contribution in [0.5, 0.6) is 5.75 Å². The summed E-state index contributed by atoms with van der Waals surface area (Å²) in [6, 6.07) is 2.10. The van der Waals surface area contributed by atoms with Crippen molar-refractivity contribution in [2.45, 2.75) is 25.9 Å². The van der Waals surface area contributed by atoms with Crippen LogP contribution < -0.4 is 15.0 Å². The summed E-state index contributed by atoms with van der Waals surface area (Å²) in [5.74, 6) is -1.67. The van der Waals surface area contributed by atoms with Crippen molar-refractivity contribution in [1.82, 2.24) is 5.32 Å². The van der Waals surface area contributed by atoms with Gasteiger partial charge in [0.05, 0.1) is 18.8 Å². The lowest BCUT2D eigenvalue weighted by atomic mass is 9.94. The van der Waals surface area contributed by atoms with Crippen molar-refractivity contribution >= 4 is 17.6 Å². The van der Waals surface area contributed by atoms with Crippen LogP contribution in [0.3, 0.4) is 0 Å². The van der Waals surface area contributed by atoms with E-state index in [1.54, 1.807) is 0 Å². The summed E-state index contributed by atoms with van der Waals surface area (Å²) in [5, 5.41) is 19.0. The molecule has 0 spiro atoms. The number of nitrogens with one attached hydrogen (secondary N) is 1. The zero-order valence-corrected chi connectivity index (χ0v) is 17.7. The van der Waals surface area contributed by atoms with Gasteiger partial charge in [0.1, 0.15) is 19.0 Å². The molecule has 0 aromatic heterocycles. The molecule has 0 bridgehead atoms. The first-order chi connectivity index (χ1) is 15.1. The zero-order chi connectivity index (χ0) is 23.7. The van der Waals surface area contributed by atoms with Gasteiger partial charge in [-0.2, -0.15) is 13.2 Å². The third-order valence-corrected chi connectivity index (χ3v) is 4.93. The lowest BCUT2D eigenvalue weighted by Crippen LogP contribution is -2.36. The maximum absolute atomic E-state index is 12.2. The van der Waals surface area contributed by atoms with Crippen LogP contribution in [0.4, 0.5) is 18.9 Å². The summed E-state index contributed by atoms with van der Waals surface area (Å²) in [5.41, 5.74) is 4.84. The highest BCUT2D eigenvalue weighted by Gasteiger charge is 2.28. The normalized spacial score (nSPS) is 15.7. The molecule has 0 saturated heterocycles. The number of ether oxygens (including phenoxy) is 2. The molecular formula is C21H27F3N2O6. The van der Waals surface area contributed by atoms with Crippen molar-refractivity contribution in [3.8, 4) is 5.75 Å². The van der Waals surface area contributed by atoms with Crippen LogP contribution in [0.1, 0.15) is 16.7 Å². The molecule has 0 aliphatic carbocycles. The molecule has 0 radical (unpaired) electrons. The van der Waals surface area contributed by atoms with E-state index < -0.39 is 24.7 Å². The van der Waals surface area contributed by atoms with Gasteiger partial charge in [-0.15, -0.1) is 0 Å². The Morgan fingerprint density at radius 1 is 1.22 bits per heavy atom. The Morgan fingerprint density at radius 2 is 1.88 bits per heavy atom. The monoisotopic (exact) mass is 460 g/mol. The Balaban J connectivity index is 0.000000390. The van der Waals surface area contributed by atoms with Crippen LogP contribution in [0.25, 0.3) is 0 Å². The van der Waals surface area contributed by atoms with E-state index in [0.717, 1.165) is 37.4 Å². The molecule has 2 heterocycles. The summed E-state index contributed by atoms with van der Waals surface area (Å²) >= 11 is 0. The topological polar surface area (TPSA) is 108 Å². The van der Waals surface area contributed by atoms with E-state index in [1.807, 2.05) is 0 Å². The van der Waals surface area contributed by atoms with Crippen molar-refractivity contribution in [2.75, 3.05) is 50.9 Å². The smallest absolute Gasteiger partial charge is 0.411 e. The highest BCUT2D eigenvalue weighted by molar-refractivity contribution is 5.89. The minimum atomic E-state index is -4.27.